The van der Waals surface area contributed by atoms with Gasteiger partial charge < -0.3 is 5.32 Å². The summed E-state index contributed by atoms with van der Waals surface area (Å²) in [6.45, 7) is 10.2. The average Bonchev–Trinajstić information content (AvgIpc) is 2.58. The van der Waals surface area contributed by atoms with E-state index in [1.54, 1.807) is 0 Å². The van der Waals surface area contributed by atoms with Crippen molar-refractivity contribution in [3.05, 3.63) is 36.0 Å². The molecule has 2 fully saturated rings. The molecule has 3 unspecified atom stereocenters. The van der Waals surface area contributed by atoms with E-state index in [9.17, 15) is 19.2 Å². The maximum Gasteiger partial charge on any atom is 0.339 e. The van der Waals surface area contributed by atoms with E-state index in [0.717, 1.165) is 25.7 Å². The summed E-state index contributed by atoms with van der Waals surface area (Å²) in [4.78, 5) is 49.6. The van der Waals surface area contributed by atoms with Gasteiger partial charge in [-0.05, 0) is 63.2 Å². The minimum Gasteiger partial charge on any atom is -0.337 e. The van der Waals surface area contributed by atoms with E-state index in [0.29, 0.717) is 23.3 Å². The van der Waals surface area contributed by atoms with Crippen molar-refractivity contribution in [1.29, 1.82) is 0 Å². The summed E-state index contributed by atoms with van der Waals surface area (Å²) in [6, 6.07) is -1.95. The Morgan fingerprint density at radius 3 is 2.43 bits per heavy atom. The molecule has 2 saturated carbocycles. The lowest BCUT2D eigenvalue weighted by atomic mass is 9.53. The Morgan fingerprint density at radius 2 is 1.86 bits per heavy atom. The van der Waals surface area contributed by atoms with Crippen LogP contribution in [0.2, 0.25) is 0 Å². The third-order valence-electron chi connectivity index (χ3n) is 5.87. The van der Waals surface area contributed by atoms with Crippen molar-refractivity contribution in [2.45, 2.75) is 46.0 Å². The summed E-state index contributed by atoms with van der Waals surface area (Å²) in [5.41, 5.74) is 1.58. The summed E-state index contributed by atoms with van der Waals surface area (Å²) >= 11 is 0. The lowest BCUT2D eigenvalue weighted by Crippen LogP contribution is -2.55. The number of nitrogens with one attached hydrogen (secondary N) is 2. The van der Waals surface area contributed by atoms with Crippen LogP contribution >= 0.6 is 0 Å². The van der Waals surface area contributed by atoms with Gasteiger partial charge in [0.25, 0.3) is 11.8 Å². The minimum atomic E-state index is -1.10. The van der Waals surface area contributed by atoms with Gasteiger partial charge in [-0.2, -0.15) is 4.90 Å². The van der Waals surface area contributed by atoms with Gasteiger partial charge >= 0.3 is 12.1 Å². The lowest BCUT2D eigenvalue weighted by Gasteiger charge is -2.52. The number of carbonyl (C=O) groups is 4. The molecule has 2 N–H and O–H groups in total. The zero-order chi connectivity index (χ0) is 20.6. The third kappa shape index (κ3) is 3.93. The number of nitrogens with zero attached hydrogens (tertiary/aromatic N) is 1. The van der Waals surface area contributed by atoms with Gasteiger partial charge in [0.2, 0.25) is 0 Å². The Morgan fingerprint density at radius 1 is 1.14 bits per heavy atom. The standard InChI is InChI=1S/C21H27N3O4/c1-12(2)17(25)23-20(28)24(18(26)13(3)4)19(27)22-11-21-8-14-5-15(9-21)7-16(6-14)10-21/h5,14,16H,1,3,6-11H2,2,4H3,(H,22,27)(H,23,25,28). The van der Waals surface area contributed by atoms with Crippen molar-refractivity contribution in [3.63, 3.8) is 0 Å². The highest BCUT2D eigenvalue weighted by molar-refractivity contribution is 6.18. The van der Waals surface area contributed by atoms with Gasteiger partial charge in [0.1, 0.15) is 0 Å². The number of hydrogen-bond donors (Lipinski definition) is 2. The van der Waals surface area contributed by atoms with Crippen LogP contribution in [0.5, 0.6) is 0 Å². The number of hydrogen-bond acceptors (Lipinski definition) is 4. The molecule has 7 nitrogen and oxygen atoms in total. The molecule has 7 heteroatoms. The minimum absolute atomic E-state index is 0.00643. The zero-order valence-electron chi connectivity index (χ0n) is 16.5. The van der Waals surface area contributed by atoms with Gasteiger partial charge in [0, 0.05) is 17.7 Å². The van der Waals surface area contributed by atoms with Gasteiger partial charge in [-0.25, -0.2) is 9.59 Å². The SMILES string of the molecule is C=C(C)C(=O)NC(=O)N(C(=O)NCC12CC3=CC(CC(C3)C1)C2)C(=O)C(=C)C. The number of allylic oxidation sites excluding steroid dienone is 2. The van der Waals surface area contributed by atoms with Crippen LogP contribution < -0.4 is 10.6 Å². The van der Waals surface area contributed by atoms with Gasteiger partial charge in [-0.1, -0.05) is 24.8 Å². The first-order valence-electron chi connectivity index (χ1n) is 9.58. The van der Waals surface area contributed by atoms with Crippen molar-refractivity contribution in [3.8, 4) is 0 Å². The second kappa shape index (κ2) is 7.37. The molecular formula is C21H27N3O4. The normalized spacial score (nSPS) is 26.9. The summed E-state index contributed by atoms with van der Waals surface area (Å²) in [5.74, 6) is -0.366. The zero-order valence-corrected chi connectivity index (χ0v) is 16.5. The van der Waals surface area contributed by atoms with E-state index < -0.39 is 23.9 Å². The molecular weight excluding hydrogens is 358 g/mol. The fourth-order valence-corrected chi connectivity index (χ4v) is 4.93. The molecule has 150 valence electrons. The van der Waals surface area contributed by atoms with Crippen molar-refractivity contribution >= 4 is 23.9 Å². The number of imide groups is 4. The Balaban J connectivity index is 1.69. The Hall–Kier alpha value is -2.70. The van der Waals surface area contributed by atoms with E-state index in [4.69, 9.17) is 0 Å². The van der Waals surface area contributed by atoms with Crippen LogP contribution in [0, 0.1) is 17.3 Å². The van der Waals surface area contributed by atoms with Gasteiger partial charge in [0.05, 0.1) is 0 Å². The molecule has 3 atom stereocenters. The predicted octanol–water partition coefficient (Wildman–Crippen LogP) is 3.05. The molecule has 0 aromatic carbocycles. The molecule has 4 bridgehead atoms. The van der Waals surface area contributed by atoms with Crippen molar-refractivity contribution < 1.29 is 19.2 Å². The van der Waals surface area contributed by atoms with E-state index in [2.05, 4.69) is 24.6 Å². The van der Waals surface area contributed by atoms with E-state index in [1.807, 2.05) is 5.32 Å². The molecule has 0 aliphatic heterocycles. The fourth-order valence-electron chi connectivity index (χ4n) is 4.93. The monoisotopic (exact) mass is 385 g/mol. The Bertz CT molecular complexity index is 812. The second-order valence-electron chi connectivity index (χ2n) is 8.60. The Labute approximate surface area is 164 Å². The van der Waals surface area contributed by atoms with Crippen LogP contribution in [0.15, 0.2) is 36.0 Å². The highest BCUT2D eigenvalue weighted by atomic mass is 16.2. The molecule has 4 rings (SSSR count). The van der Waals surface area contributed by atoms with E-state index in [1.165, 1.54) is 25.8 Å². The van der Waals surface area contributed by atoms with Crippen LogP contribution in [0.1, 0.15) is 46.0 Å². The molecule has 0 heterocycles. The summed E-state index contributed by atoms with van der Waals surface area (Å²) < 4.78 is 0. The quantitative estimate of drug-likeness (QED) is 0.574. The number of carbonyl (C=O) groups excluding carboxylic acids is 4. The highest BCUT2D eigenvalue weighted by Gasteiger charge is 2.47. The molecule has 0 saturated heterocycles. The summed E-state index contributed by atoms with van der Waals surface area (Å²) in [7, 11) is 0. The molecule has 6 amide bonds. The first-order chi connectivity index (χ1) is 13.1. The molecule has 0 radical (unpaired) electrons. The summed E-state index contributed by atoms with van der Waals surface area (Å²) in [5, 5.41) is 4.77. The van der Waals surface area contributed by atoms with E-state index >= 15 is 0 Å². The molecule has 28 heavy (non-hydrogen) atoms. The predicted molar refractivity (Wildman–Crippen MR) is 104 cm³/mol. The van der Waals surface area contributed by atoms with Crippen LogP contribution in [0.3, 0.4) is 0 Å². The third-order valence-corrected chi connectivity index (χ3v) is 5.87. The second-order valence-corrected chi connectivity index (χ2v) is 8.60. The van der Waals surface area contributed by atoms with Gasteiger partial charge in [-0.15, -0.1) is 0 Å². The van der Waals surface area contributed by atoms with Crippen LogP contribution in [0.25, 0.3) is 0 Å². The van der Waals surface area contributed by atoms with Crippen molar-refractivity contribution in [2.75, 3.05) is 6.54 Å². The molecule has 0 aromatic heterocycles. The maximum atomic E-state index is 12.7. The topological polar surface area (TPSA) is 95.6 Å². The molecule has 4 aliphatic carbocycles. The van der Waals surface area contributed by atoms with Crippen LogP contribution in [0.4, 0.5) is 9.59 Å². The molecule has 0 spiro atoms. The first-order valence-corrected chi connectivity index (χ1v) is 9.58. The summed E-state index contributed by atoms with van der Waals surface area (Å²) in [6.07, 6.45) is 7.76. The largest absolute Gasteiger partial charge is 0.339 e. The molecule has 4 aliphatic rings. The van der Waals surface area contributed by atoms with Crippen LogP contribution in [-0.2, 0) is 9.59 Å². The van der Waals surface area contributed by atoms with Crippen molar-refractivity contribution in [1.82, 2.24) is 15.5 Å². The molecule has 0 aromatic rings. The highest BCUT2D eigenvalue weighted by Crippen LogP contribution is 2.56. The van der Waals surface area contributed by atoms with E-state index in [-0.39, 0.29) is 16.6 Å². The smallest absolute Gasteiger partial charge is 0.337 e. The maximum absolute atomic E-state index is 12.7. The number of urea groups is 2. The lowest BCUT2D eigenvalue weighted by molar-refractivity contribution is -0.122. The van der Waals surface area contributed by atoms with Crippen LogP contribution in [-0.4, -0.2) is 35.3 Å². The average molecular weight is 385 g/mol. The van der Waals surface area contributed by atoms with Crippen molar-refractivity contribution in [2.24, 2.45) is 17.3 Å². The number of amides is 6. The van der Waals surface area contributed by atoms with Gasteiger partial charge in [-0.3, -0.25) is 14.9 Å². The fraction of sp³-hybridized carbons (Fsp3) is 0.524. The first kappa shape index (κ1) is 20.0. The number of rotatable bonds is 4. The van der Waals surface area contributed by atoms with Gasteiger partial charge in [0.15, 0.2) is 0 Å². The Kier molecular flexibility index (Phi) is 5.28.